The number of carbonyl (C=O) groups excluding carboxylic acids is 5. The molecular weight excluding hydrogens is 504 g/mol. The number of benzene rings is 1. The average molecular weight is 545 g/mol. The Bertz CT molecular complexity index is 1030. The Labute approximate surface area is 228 Å². The van der Waals surface area contributed by atoms with Gasteiger partial charge in [-0.1, -0.05) is 12.1 Å². The molecular formula is C26H40N8O5. The predicted octanol–water partition coefficient (Wildman–Crippen LogP) is -0.950. The Balaban J connectivity index is 2.36. The van der Waals surface area contributed by atoms with Gasteiger partial charge in [0.2, 0.25) is 11.8 Å². The van der Waals surface area contributed by atoms with Crippen LogP contribution in [0.15, 0.2) is 29.3 Å². The first-order valence-electron chi connectivity index (χ1n) is 13.3. The zero-order valence-corrected chi connectivity index (χ0v) is 22.1. The number of amides is 4. The number of carbonyl (C=O) groups is 5. The van der Waals surface area contributed by atoms with Crippen LogP contribution in [0.25, 0.3) is 0 Å². The van der Waals surface area contributed by atoms with Gasteiger partial charge in [0.15, 0.2) is 5.96 Å². The molecule has 1 aromatic rings. The molecule has 1 aliphatic heterocycles. The van der Waals surface area contributed by atoms with Crippen LogP contribution in [0.4, 0.5) is 0 Å². The van der Waals surface area contributed by atoms with Crippen molar-refractivity contribution in [1.29, 1.82) is 0 Å². The van der Waals surface area contributed by atoms with Crippen LogP contribution in [0.1, 0.15) is 72.1 Å². The number of aldehydes is 1. The number of hydrogen-bond donors (Lipinski definition) is 7. The molecule has 0 saturated heterocycles. The van der Waals surface area contributed by atoms with Gasteiger partial charge in [0, 0.05) is 13.1 Å². The number of rotatable bonds is 9. The van der Waals surface area contributed by atoms with Crippen molar-refractivity contribution < 1.29 is 24.0 Å². The van der Waals surface area contributed by atoms with E-state index in [9.17, 15) is 24.0 Å². The van der Waals surface area contributed by atoms with Crippen molar-refractivity contribution in [3.05, 3.63) is 35.4 Å². The lowest BCUT2D eigenvalue weighted by atomic mass is 10.0. The number of fused-ring (bicyclic) bond motifs is 1. The lowest BCUT2D eigenvalue weighted by Crippen LogP contribution is -2.55. The minimum Gasteiger partial charge on any atom is -0.370 e. The summed E-state index contributed by atoms with van der Waals surface area (Å²) in [5, 5.41) is 10.9. The quantitative estimate of drug-likeness (QED) is 0.0886. The highest BCUT2D eigenvalue weighted by atomic mass is 16.2. The lowest BCUT2D eigenvalue weighted by Gasteiger charge is -2.24. The monoisotopic (exact) mass is 544 g/mol. The van der Waals surface area contributed by atoms with Crippen molar-refractivity contribution in [3.8, 4) is 0 Å². The minimum absolute atomic E-state index is 0.0886. The van der Waals surface area contributed by atoms with Gasteiger partial charge in [0.1, 0.15) is 18.4 Å². The molecule has 4 amide bonds. The molecule has 2 rings (SSSR count). The van der Waals surface area contributed by atoms with E-state index in [-0.39, 0.29) is 36.5 Å². The summed E-state index contributed by atoms with van der Waals surface area (Å²) in [5.41, 5.74) is 16.7. The van der Waals surface area contributed by atoms with E-state index < -0.39 is 41.8 Å². The summed E-state index contributed by atoms with van der Waals surface area (Å²) in [7, 11) is 0. The number of unbranched alkanes of at least 4 members (excludes halogenated alkanes) is 1. The molecule has 10 N–H and O–H groups in total. The highest BCUT2D eigenvalue weighted by molar-refractivity contribution is 6.08. The molecule has 0 spiro atoms. The van der Waals surface area contributed by atoms with Gasteiger partial charge < -0.3 is 43.3 Å². The largest absolute Gasteiger partial charge is 0.370 e. The van der Waals surface area contributed by atoms with Gasteiger partial charge in [0.05, 0.1) is 17.2 Å². The highest BCUT2D eigenvalue weighted by Gasteiger charge is 2.29. The van der Waals surface area contributed by atoms with Crippen LogP contribution in [0.2, 0.25) is 0 Å². The molecule has 13 heteroatoms. The summed E-state index contributed by atoms with van der Waals surface area (Å²) < 4.78 is 0. The lowest BCUT2D eigenvalue weighted by molar-refractivity contribution is -0.131. The fourth-order valence-corrected chi connectivity index (χ4v) is 4.17. The number of nitrogens with one attached hydrogen (secondary N) is 4. The number of hydrogen-bond acceptors (Lipinski definition) is 7. The second kappa shape index (κ2) is 16.8. The fourth-order valence-electron chi connectivity index (χ4n) is 4.17. The number of guanidine groups is 1. The van der Waals surface area contributed by atoms with Crippen molar-refractivity contribution in [2.45, 2.75) is 69.5 Å². The standard InChI is InChI=1S/C26H40N8O5/c27-13-5-3-11-20-25(39)34-21(12-7-15-31-26(28)29)24(38)32-17(16-35)8-4-6-14-30-22(36)18-9-1-2-10-19(18)23(37)33-20/h1-2,9-10,16-17,20-21H,3-8,11-15,27H2,(H,30,36)(H,32,38)(H,33,37)(H,34,39)(H4,28,29,31)/t17-,20-,21-/m0/s1. The van der Waals surface area contributed by atoms with E-state index >= 15 is 0 Å². The van der Waals surface area contributed by atoms with E-state index in [0.29, 0.717) is 57.9 Å². The predicted molar refractivity (Wildman–Crippen MR) is 147 cm³/mol. The normalized spacial score (nSPS) is 21.3. The topological polar surface area (TPSA) is 224 Å². The second-order valence-corrected chi connectivity index (χ2v) is 9.37. The number of aliphatic imine (C=N–C) groups is 1. The Morgan fingerprint density at radius 3 is 2.18 bits per heavy atom. The van der Waals surface area contributed by atoms with E-state index in [2.05, 4.69) is 26.3 Å². The molecule has 0 aliphatic carbocycles. The first kappa shape index (κ1) is 31.2. The van der Waals surface area contributed by atoms with Gasteiger partial charge in [-0.15, -0.1) is 0 Å². The van der Waals surface area contributed by atoms with Crippen LogP contribution < -0.4 is 38.5 Å². The van der Waals surface area contributed by atoms with Crippen molar-refractivity contribution in [1.82, 2.24) is 21.3 Å². The van der Waals surface area contributed by atoms with E-state index in [0.717, 1.165) is 0 Å². The van der Waals surface area contributed by atoms with Crippen LogP contribution in [0.5, 0.6) is 0 Å². The average Bonchev–Trinajstić information content (AvgIpc) is 2.92. The Hall–Kier alpha value is -4.00. The zero-order valence-electron chi connectivity index (χ0n) is 22.1. The first-order chi connectivity index (χ1) is 18.8. The van der Waals surface area contributed by atoms with Gasteiger partial charge in [-0.3, -0.25) is 24.2 Å². The third-order valence-electron chi connectivity index (χ3n) is 6.28. The van der Waals surface area contributed by atoms with Crippen molar-refractivity contribution >= 4 is 35.9 Å². The summed E-state index contributed by atoms with van der Waals surface area (Å²) in [6, 6.07) is 3.59. The van der Waals surface area contributed by atoms with Gasteiger partial charge >= 0.3 is 0 Å². The Morgan fingerprint density at radius 1 is 0.872 bits per heavy atom. The maximum atomic E-state index is 13.4. The minimum atomic E-state index is -0.995. The SMILES string of the molecule is NCCCC[C@@H]1NC(=O)c2ccccc2C(=O)NCCCC[C@@H](C=O)NC(=O)[C@H](CCCN=C(N)N)NC1=O. The van der Waals surface area contributed by atoms with Gasteiger partial charge in [-0.25, -0.2) is 0 Å². The molecule has 1 heterocycles. The van der Waals surface area contributed by atoms with Crippen LogP contribution in [-0.4, -0.2) is 73.6 Å². The van der Waals surface area contributed by atoms with Crippen LogP contribution in [0.3, 0.4) is 0 Å². The molecule has 13 nitrogen and oxygen atoms in total. The van der Waals surface area contributed by atoms with Crippen LogP contribution in [0, 0.1) is 0 Å². The van der Waals surface area contributed by atoms with E-state index in [4.69, 9.17) is 17.2 Å². The molecule has 0 saturated carbocycles. The van der Waals surface area contributed by atoms with Gasteiger partial charge in [-0.05, 0) is 70.0 Å². The molecule has 1 aliphatic rings. The van der Waals surface area contributed by atoms with Crippen molar-refractivity contribution in [3.63, 3.8) is 0 Å². The third kappa shape index (κ3) is 10.7. The summed E-state index contributed by atoms with van der Waals surface area (Å²) in [4.78, 5) is 68.1. The zero-order chi connectivity index (χ0) is 28.6. The first-order valence-corrected chi connectivity index (χ1v) is 13.3. The molecule has 1 aromatic carbocycles. The summed E-state index contributed by atoms with van der Waals surface area (Å²) in [6.07, 6.45) is 4.14. The molecule has 3 atom stereocenters. The molecule has 0 fully saturated rings. The van der Waals surface area contributed by atoms with Crippen LogP contribution >= 0.6 is 0 Å². The van der Waals surface area contributed by atoms with E-state index in [1.54, 1.807) is 18.2 Å². The molecule has 39 heavy (non-hydrogen) atoms. The fraction of sp³-hybridized carbons (Fsp3) is 0.538. The second-order valence-electron chi connectivity index (χ2n) is 9.37. The summed E-state index contributed by atoms with van der Waals surface area (Å²) >= 11 is 0. The van der Waals surface area contributed by atoms with Crippen molar-refractivity contribution in [2.24, 2.45) is 22.2 Å². The molecule has 0 aromatic heterocycles. The summed E-state index contributed by atoms with van der Waals surface area (Å²) in [6.45, 7) is 0.977. The highest BCUT2D eigenvalue weighted by Crippen LogP contribution is 2.12. The van der Waals surface area contributed by atoms with E-state index in [1.165, 1.54) is 6.07 Å². The van der Waals surface area contributed by atoms with E-state index in [1.807, 2.05) is 0 Å². The molecule has 0 radical (unpaired) electrons. The molecule has 0 unspecified atom stereocenters. The Morgan fingerprint density at radius 2 is 1.51 bits per heavy atom. The van der Waals surface area contributed by atoms with Gasteiger partial charge in [0.25, 0.3) is 11.8 Å². The number of nitrogens with two attached hydrogens (primary N) is 3. The molecule has 214 valence electrons. The van der Waals surface area contributed by atoms with Crippen LogP contribution in [-0.2, 0) is 14.4 Å². The maximum absolute atomic E-state index is 13.4. The number of nitrogens with zero attached hydrogens (tertiary/aromatic N) is 1. The Kier molecular flexibility index (Phi) is 13.4. The summed E-state index contributed by atoms with van der Waals surface area (Å²) in [5.74, 6) is -2.20. The smallest absolute Gasteiger partial charge is 0.252 e. The van der Waals surface area contributed by atoms with Gasteiger partial charge in [-0.2, -0.15) is 0 Å². The third-order valence-corrected chi connectivity index (χ3v) is 6.28. The van der Waals surface area contributed by atoms with Crippen molar-refractivity contribution in [2.75, 3.05) is 19.6 Å². The molecule has 0 bridgehead atoms. The maximum Gasteiger partial charge on any atom is 0.252 e.